The Morgan fingerprint density at radius 2 is 2.14 bits per heavy atom. The van der Waals surface area contributed by atoms with Crippen LogP contribution in [0.25, 0.3) is 0 Å². The lowest BCUT2D eigenvalue weighted by atomic mass is 9.89. The van der Waals surface area contributed by atoms with E-state index in [9.17, 15) is 9.18 Å². The number of nitrogens with zero attached hydrogens (tertiary/aromatic N) is 1. The number of piperidine rings is 1. The number of methoxy groups -OCH3 is 1. The van der Waals surface area contributed by atoms with Gasteiger partial charge in [-0.25, -0.2) is 4.39 Å². The molecule has 2 atom stereocenters. The SMILES string of the molecule is COc1ccccc1CC(=O)N1CCC[C@@]2(C[C@@H](Oc3cccc(F)c3)CO2)C1. The number of carbonyl (C=O) groups excluding carboxylic acids is 1. The van der Waals surface area contributed by atoms with E-state index in [0.717, 1.165) is 30.7 Å². The van der Waals surface area contributed by atoms with Gasteiger partial charge in [0.25, 0.3) is 0 Å². The first-order valence-electron chi connectivity index (χ1n) is 10.0. The molecule has 2 aliphatic heterocycles. The third-order valence-corrected chi connectivity index (χ3v) is 5.70. The molecule has 2 aromatic rings. The van der Waals surface area contributed by atoms with E-state index in [0.29, 0.717) is 31.7 Å². The Balaban J connectivity index is 1.38. The summed E-state index contributed by atoms with van der Waals surface area (Å²) in [6.07, 6.45) is 2.66. The summed E-state index contributed by atoms with van der Waals surface area (Å²) in [5.41, 5.74) is 0.506. The van der Waals surface area contributed by atoms with Gasteiger partial charge in [-0.05, 0) is 31.0 Å². The van der Waals surface area contributed by atoms with Gasteiger partial charge < -0.3 is 19.1 Å². The smallest absolute Gasteiger partial charge is 0.227 e. The lowest BCUT2D eigenvalue weighted by molar-refractivity contribution is -0.138. The minimum Gasteiger partial charge on any atom is -0.496 e. The average molecular weight is 399 g/mol. The van der Waals surface area contributed by atoms with Crippen LogP contribution in [0, 0.1) is 5.82 Å². The van der Waals surface area contributed by atoms with Crippen molar-refractivity contribution in [2.75, 3.05) is 26.8 Å². The Morgan fingerprint density at radius 1 is 1.28 bits per heavy atom. The van der Waals surface area contributed by atoms with E-state index in [1.807, 2.05) is 29.2 Å². The fraction of sp³-hybridized carbons (Fsp3) is 0.435. The molecule has 0 bridgehead atoms. The summed E-state index contributed by atoms with van der Waals surface area (Å²) < 4.78 is 30.8. The molecule has 5 nitrogen and oxygen atoms in total. The van der Waals surface area contributed by atoms with Gasteiger partial charge in [0.2, 0.25) is 5.91 Å². The van der Waals surface area contributed by atoms with Crippen molar-refractivity contribution in [2.24, 2.45) is 0 Å². The van der Waals surface area contributed by atoms with Crippen molar-refractivity contribution in [3.8, 4) is 11.5 Å². The lowest BCUT2D eigenvalue weighted by Crippen LogP contribution is -2.50. The van der Waals surface area contributed by atoms with Gasteiger partial charge in [-0.1, -0.05) is 24.3 Å². The number of benzene rings is 2. The van der Waals surface area contributed by atoms with Crippen LogP contribution in [0.4, 0.5) is 4.39 Å². The number of carbonyl (C=O) groups is 1. The Labute approximate surface area is 170 Å². The van der Waals surface area contributed by atoms with E-state index in [2.05, 4.69) is 0 Å². The maximum atomic E-state index is 13.4. The Hall–Kier alpha value is -2.60. The molecule has 2 aliphatic rings. The van der Waals surface area contributed by atoms with Gasteiger partial charge in [-0.3, -0.25) is 4.79 Å². The zero-order chi connectivity index (χ0) is 20.3. The zero-order valence-electron chi connectivity index (χ0n) is 16.6. The van der Waals surface area contributed by atoms with Gasteiger partial charge >= 0.3 is 0 Å². The van der Waals surface area contributed by atoms with Crippen LogP contribution < -0.4 is 9.47 Å². The van der Waals surface area contributed by atoms with Crippen molar-refractivity contribution in [3.05, 3.63) is 59.9 Å². The van der Waals surface area contributed by atoms with E-state index in [4.69, 9.17) is 14.2 Å². The summed E-state index contributed by atoms with van der Waals surface area (Å²) in [6, 6.07) is 13.8. The minimum absolute atomic E-state index is 0.0756. The van der Waals surface area contributed by atoms with Crippen molar-refractivity contribution in [3.63, 3.8) is 0 Å². The molecule has 0 aliphatic carbocycles. The molecule has 2 fully saturated rings. The first-order chi connectivity index (χ1) is 14.1. The Bertz CT molecular complexity index is 873. The number of rotatable bonds is 5. The summed E-state index contributed by atoms with van der Waals surface area (Å²) in [5, 5.41) is 0. The molecule has 6 heteroatoms. The van der Waals surface area contributed by atoms with Crippen LogP contribution >= 0.6 is 0 Å². The molecule has 0 N–H and O–H groups in total. The normalized spacial score (nSPS) is 23.9. The molecule has 2 aromatic carbocycles. The molecule has 0 aromatic heterocycles. The molecule has 0 unspecified atom stereocenters. The van der Waals surface area contributed by atoms with Crippen molar-refractivity contribution in [1.82, 2.24) is 4.90 Å². The first kappa shape index (κ1) is 19.7. The van der Waals surface area contributed by atoms with Crippen molar-refractivity contribution >= 4 is 5.91 Å². The lowest BCUT2D eigenvalue weighted by Gasteiger charge is -2.39. The largest absolute Gasteiger partial charge is 0.496 e. The number of amides is 1. The highest BCUT2D eigenvalue weighted by Crippen LogP contribution is 2.36. The van der Waals surface area contributed by atoms with E-state index >= 15 is 0 Å². The molecule has 29 heavy (non-hydrogen) atoms. The highest BCUT2D eigenvalue weighted by molar-refractivity contribution is 5.79. The zero-order valence-corrected chi connectivity index (χ0v) is 16.6. The second kappa shape index (κ2) is 8.41. The fourth-order valence-corrected chi connectivity index (χ4v) is 4.33. The van der Waals surface area contributed by atoms with Crippen molar-refractivity contribution in [1.29, 1.82) is 0 Å². The van der Waals surface area contributed by atoms with Gasteiger partial charge in [0, 0.05) is 31.1 Å². The molecule has 1 spiro atoms. The van der Waals surface area contributed by atoms with Crippen LogP contribution in [-0.4, -0.2) is 49.3 Å². The van der Waals surface area contributed by atoms with E-state index < -0.39 is 0 Å². The van der Waals surface area contributed by atoms with Gasteiger partial charge in [-0.2, -0.15) is 0 Å². The minimum atomic E-state index is -0.382. The molecular weight excluding hydrogens is 373 g/mol. The highest BCUT2D eigenvalue weighted by atomic mass is 19.1. The number of hydrogen-bond donors (Lipinski definition) is 0. The van der Waals surface area contributed by atoms with Crippen molar-refractivity contribution in [2.45, 2.75) is 37.4 Å². The summed E-state index contributed by atoms with van der Waals surface area (Å²) >= 11 is 0. The van der Waals surface area contributed by atoms with Gasteiger partial charge in [-0.15, -0.1) is 0 Å². The maximum absolute atomic E-state index is 13.4. The molecule has 2 saturated heterocycles. The molecule has 0 radical (unpaired) electrons. The number of halogens is 1. The second-order valence-electron chi connectivity index (χ2n) is 7.80. The molecular formula is C23H26FNO4. The van der Waals surface area contributed by atoms with Crippen LogP contribution in [0.5, 0.6) is 11.5 Å². The quantitative estimate of drug-likeness (QED) is 0.771. The standard InChI is InChI=1S/C23H26FNO4/c1-27-21-9-3-2-6-17(21)12-22(26)25-11-5-10-23(16-25)14-20(15-28-23)29-19-8-4-7-18(24)13-19/h2-4,6-9,13,20H,5,10-12,14-16H2,1H3/t20-,23-/m1/s1. The molecule has 0 saturated carbocycles. The van der Waals surface area contributed by atoms with Crippen molar-refractivity contribution < 1.29 is 23.4 Å². The van der Waals surface area contributed by atoms with Gasteiger partial charge in [0.15, 0.2) is 0 Å². The highest BCUT2D eigenvalue weighted by Gasteiger charge is 2.45. The monoisotopic (exact) mass is 399 g/mol. The van der Waals surface area contributed by atoms with E-state index in [-0.39, 0.29) is 23.4 Å². The van der Waals surface area contributed by atoms with Crippen LogP contribution in [0.2, 0.25) is 0 Å². The summed E-state index contributed by atoms with van der Waals surface area (Å²) in [6.45, 7) is 1.74. The predicted octanol–water partition coefficient (Wildman–Crippen LogP) is 3.61. The fourth-order valence-electron chi connectivity index (χ4n) is 4.33. The van der Waals surface area contributed by atoms with Gasteiger partial charge in [0.1, 0.15) is 23.4 Å². The third-order valence-electron chi connectivity index (χ3n) is 5.70. The summed E-state index contributed by atoms with van der Waals surface area (Å²) in [4.78, 5) is 14.8. The third kappa shape index (κ3) is 4.53. The second-order valence-corrected chi connectivity index (χ2v) is 7.80. The van der Waals surface area contributed by atoms with E-state index in [1.165, 1.54) is 12.1 Å². The number of ether oxygens (including phenoxy) is 3. The van der Waals surface area contributed by atoms with Crippen LogP contribution in [0.15, 0.2) is 48.5 Å². The molecule has 4 rings (SSSR count). The Morgan fingerprint density at radius 3 is 2.97 bits per heavy atom. The topological polar surface area (TPSA) is 48.0 Å². The number of hydrogen-bond acceptors (Lipinski definition) is 4. The van der Waals surface area contributed by atoms with Crippen LogP contribution in [0.3, 0.4) is 0 Å². The average Bonchev–Trinajstić information content (AvgIpc) is 3.09. The number of likely N-dealkylation sites (tertiary alicyclic amines) is 1. The molecule has 1 amide bonds. The maximum Gasteiger partial charge on any atom is 0.227 e. The van der Waals surface area contributed by atoms with Gasteiger partial charge in [0.05, 0.1) is 25.7 Å². The summed E-state index contributed by atoms with van der Waals surface area (Å²) in [7, 11) is 1.62. The number of para-hydroxylation sites is 1. The summed E-state index contributed by atoms with van der Waals surface area (Å²) in [5.74, 6) is 0.998. The first-order valence-corrected chi connectivity index (χ1v) is 10.0. The Kier molecular flexibility index (Phi) is 5.72. The van der Waals surface area contributed by atoms with E-state index in [1.54, 1.807) is 19.2 Å². The predicted molar refractivity (Wildman–Crippen MR) is 107 cm³/mol. The van der Waals surface area contributed by atoms with Crippen LogP contribution in [0.1, 0.15) is 24.8 Å². The molecule has 154 valence electrons. The van der Waals surface area contributed by atoms with Crippen LogP contribution in [-0.2, 0) is 16.0 Å². The molecule has 2 heterocycles.